The zero-order valence-corrected chi connectivity index (χ0v) is 11.4. The largest absolute Gasteiger partial charge is 0.416 e. The van der Waals surface area contributed by atoms with Crippen molar-refractivity contribution in [1.82, 2.24) is 9.59 Å². The first-order valence-electron chi connectivity index (χ1n) is 6.17. The molecular weight excluding hydrogens is 307 g/mol. The molecule has 0 unspecified atom stereocenters. The van der Waals surface area contributed by atoms with Gasteiger partial charge in [-0.05, 0) is 36.2 Å². The van der Waals surface area contributed by atoms with Gasteiger partial charge in [-0.15, -0.1) is 5.10 Å². The van der Waals surface area contributed by atoms with E-state index in [9.17, 15) is 23.1 Å². The molecule has 21 heavy (non-hydrogen) atoms. The van der Waals surface area contributed by atoms with E-state index in [1.165, 1.54) is 6.07 Å². The molecule has 9 heteroatoms. The van der Waals surface area contributed by atoms with Crippen molar-refractivity contribution in [3.05, 3.63) is 18.2 Å². The van der Waals surface area contributed by atoms with Crippen molar-refractivity contribution >= 4 is 33.3 Å². The van der Waals surface area contributed by atoms with Gasteiger partial charge in [-0.1, -0.05) is 4.49 Å². The number of hydrogen-bond acceptors (Lipinski definition) is 5. The normalized spacial score (nSPS) is 21.2. The zero-order valence-electron chi connectivity index (χ0n) is 10.5. The van der Waals surface area contributed by atoms with Crippen molar-refractivity contribution in [3.8, 4) is 0 Å². The summed E-state index contributed by atoms with van der Waals surface area (Å²) in [5.74, 6) is -0.430. The zero-order chi connectivity index (χ0) is 15.2. The Labute approximate surface area is 121 Å². The Morgan fingerprint density at radius 1 is 1.43 bits per heavy atom. The summed E-state index contributed by atoms with van der Waals surface area (Å²) in [7, 11) is 0. The highest BCUT2D eigenvalue weighted by Crippen LogP contribution is 2.35. The molecule has 5 nitrogen and oxygen atoms in total. The van der Waals surface area contributed by atoms with Gasteiger partial charge in [0.1, 0.15) is 5.52 Å². The molecule has 0 bridgehead atoms. The first kappa shape index (κ1) is 14.2. The van der Waals surface area contributed by atoms with Gasteiger partial charge in [0.25, 0.3) is 0 Å². The third-order valence-electron chi connectivity index (χ3n) is 3.46. The van der Waals surface area contributed by atoms with Crippen LogP contribution in [0, 0.1) is 0 Å². The Balaban J connectivity index is 1.98. The SMILES string of the molecule is O=C1CC[C@@H]([C@@H](O)C(F)(F)F)N1c1ccc2nnsc2c1. The second-order valence-corrected chi connectivity index (χ2v) is 5.57. The molecule has 1 aromatic carbocycles. The fourth-order valence-electron chi connectivity index (χ4n) is 2.48. The monoisotopic (exact) mass is 317 g/mol. The first-order chi connectivity index (χ1) is 9.88. The van der Waals surface area contributed by atoms with Crippen LogP contribution < -0.4 is 4.90 Å². The van der Waals surface area contributed by atoms with Crippen molar-refractivity contribution in [3.63, 3.8) is 0 Å². The smallest absolute Gasteiger partial charge is 0.382 e. The van der Waals surface area contributed by atoms with Gasteiger partial charge in [0, 0.05) is 12.1 Å². The Morgan fingerprint density at radius 2 is 2.19 bits per heavy atom. The van der Waals surface area contributed by atoms with Crippen LogP contribution >= 0.6 is 11.5 Å². The summed E-state index contributed by atoms with van der Waals surface area (Å²) in [6.07, 6.45) is -7.36. The van der Waals surface area contributed by atoms with Gasteiger partial charge in [0.15, 0.2) is 6.10 Å². The number of aromatic nitrogens is 2. The molecule has 0 saturated carbocycles. The van der Waals surface area contributed by atoms with Crippen LogP contribution in [0.5, 0.6) is 0 Å². The molecule has 2 heterocycles. The van der Waals surface area contributed by atoms with Gasteiger partial charge in [-0.25, -0.2) is 0 Å². The van der Waals surface area contributed by atoms with Crippen LogP contribution in [0.4, 0.5) is 18.9 Å². The molecular formula is C12H10F3N3O2S. The Bertz CT molecular complexity index is 688. The number of anilines is 1. The number of carbonyl (C=O) groups excluding carboxylic acids is 1. The number of fused-ring (bicyclic) bond motifs is 1. The number of amides is 1. The van der Waals surface area contributed by atoms with Crippen LogP contribution in [0.3, 0.4) is 0 Å². The highest BCUT2D eigenvalue weighted by molar-refractivity contribution is 7.12. The van der Waals surface area contributed by atoms with Crippen molar-refractivity contribution in [2.75, 3.05) is 4.90 Å². The third-order valence-corrected chi connectivity index (χ3v) is 4.15. The predicted octanol–water partition coefficient (Wildman–Crippen LogP) is 2.11. The highest BCUT2D eigenvalue weighted by atomic mass is 32.1. The van der Waals surface area contributed by atoms with Crippen LogP contribution in [0.1, 0.15) is 12.8 Å². The molecule has 3 rings (SSSR count). The molecule has 0 spiro atoms. The molecule has 112 valence electrons. The minimum absolute atomic E-state index is 0.0171. The van der Waals surface area contributed by atoms with E-state index >= 15 is 0 Å². The first-order valence-corrected chi connectivity index (χ1v) is 6.94. The summed E-state index contributed by atoms with van der Waals surface area (Å²) in [6.45, 7) is 0. The van der Waals surface area contributed by atoms with Gasteiger partial charge in [0.05, 0.1) is 10.7 Å². The predicted molar refractivity (Wildman–Crippen MR) is 70.0 cm³/mol. The number of aliphatic hydroxyl groups is 1. The van der Waals surface area contributed by atoms with E-state index in [0.717, 1.165) is 16.4 Å². The number of carbonyl (C=O) groups is 1. The van der Waals surface area contributed by atoms with E-state index in [1.807, 2.05) is 0 Å². The Kier molecular flexibility index (Phi) is 3.33. The van der Waals surface area contributed by atoms with E-state index in [2.05, 4.69) is 9.59 Å². The summed E-state index contributed by atoms with van der Waals surface area (Å²) >= 11 is 1.09. The summed E-state index contributed by atoms with van der Waals surface area (Å²) in [5, 5.41) is 13.3. The summed E-state index contributed by atoms with van der Waals surface area (Å²) in [6, 6.07) is 3.38. The van der Waals surface area contributed by atoms with Crippen molar-refractivity contribution < 1.29 is 23.1 Å². The number of benzene rings is 1. The fourth-order valence-corrected chi connectivity index (χ4v) is 3.07. The van der Waals surface area contributed by atoms with Crippen molar-refractivity contribution in [1.29, 1.82) is 0 Å². The molecule has 2 aromatic rings. The van der Waals surface area contributed by atoms with E-state index in [0.29, 0.717) is 15.9 Å². The molecule has 1 fully saturated rings. The van der Waals surface area contributed by atoms with Gasteiger partial charge < -0.3 is 10.0 Å². The van der Waals surface area contributed by atoms with Crippen LogP contribution in [0.25, 0.3) is 10.2 Å². The maximum absolute atomic E-state index is 12.7. The number of hydrogen-bond donors (Lipinski definition) is 1. The van der Waals surface area contributed by atoms with Crippen LogP contribution in [-0.4, -0.2) is 38.9 Å². The molecule has 1 aliphatic heterocycles. The van der Waals surface area contributed by atoms with Crippen LogP contribution in [0.2, 0.25) is 0 Å². The summed E-state index contributed by atoms with van der Waals surface area (Å²) in [4.78, 5) is 12.9. The van der Waals surface area contributed by atoms with E-state index in [4.69, 9.17) is 0 Å². The van der Waals surface area contributed by atoms with E-state index in [-0.39, 0.29) is 12.8 Å². The molecule has 1 N–H and O–H groups in total. The number of rotatable bonds is 2. The Hall–Kier alpha value is -1.74. The third kappa shape index (κ3) is 2.46. The minimum Gasteiger partial charge on any atom is -0.382 e. The summed E-state index contributed by atoms with van der Waals surface area (Å²) in [5.41, 5.74) is 0.938. The lowest BCUT2D eigenvalue weighted by atomic mass is 10.1. The molecule has 1 aromatic heterocycles. The quantitative estimate of drug-likeness (QED) is 0.921. The number of nitrogens with zero attached hydrogens (tertiary/aromatic N) is 3. The van der Waals surface area contributed by atoms with Crippen LogP contribution in [0.15, 0.2) is 18.2 Å². The van der Waals surface area contributed by atoms with Crippen molar-refractivity contribution in [2.24, 2.45) is 0 Å². The lowest BCUT2D eigenvalue weighted by Crippen LogP contribution is -2.48. The lowest BCUT2D eigenvalue weighted by Gasteiger charge is -2.29. The molecule has 1 amide bonds. The second kappa shape index (κ2) is 4.92. The average Bonchev–Trinajstić information content (AvgIpc) is 3.01. The molecule has 1 saturated heterocycles. The molecule has 0 aliphatic carbocycles. The lowest BCUT2D eigenvalue weighted by molar-refractivity contribution is -0.209. The maximum atomic E-state index is 12.7. The molecule has 0 radical (unpaired) electrons. The van der Waals surface area contributed by atoms with Gasteiger partial charge in [-0.2, -0.15) is 13.2 Å². The maximum Gasteiger partial charge on any atom is 0.416 e. The topological polar surface area (TPSA) is 66.3 Å². The average molecular weight is 317 g/mol. The molecule has 1 aliphatic rings. The van der Waals surface area contributed by atoms with Crippen molar-refractivity contribution in [2.45, 2.75) is 31.2 Å². The number of alkyl halides is 3. The minimum atomic E-state index is -4.76. The number of aliphatic hydroxyl groups excluding tert-OH is 1. The summed E-state index contributed by atoms with van der Waals surface area (Å²) < 4.78 is 42.6. The van der Waals surface area contributed by atoms with Gasteiger partial charge in [0.2, 0.25) is 5.91 Å². The van der Waals surface area contributed by atoms with E-state index in [1.54, 1.807) is 12.1 Å². The number of halogens is 3. The standard InChI is InChI=1S/C12H10F3N3O2S/c13-12(14,15)11(20)8-3-4-10(19)18(8)6-1-2-7-9(5-6)21-17-16-7/h1-2,5,8,11,20H,3-4H2/t8-,11+/m0/s1. The van der Waals surface area contributed by atoms with Gasteiger partial charge in [-0.3, -0.25) is 4.79 Å². The van der Waals surface area contributed by atoms with E-state index < -0.39 is 24.2 Å². The van der Waals surface area contributed by atoms with Crippen LogP contribution in [-0.2, 0) is 4.79 Å². The molecule has 2 atom stereocenters. The highest BCUT2D eigenvalue weighted by Gasteiger charge is 2.49. The fraction of sp³-hybridized carbons (Fsp3) is 0.417. The Morgan fingerprint density at radius 3 is 2.90 bits per heavy atom. The van der Waals surface area contributed by atoms with Gasteiger partial charge >= 0.3 is 6.18 Å². The second-order valence-electron chi connectivity index (χ2n) is 4.78.